The molecule has 2 saturated heterocycles. The van der Waals surface area contributed by atoms with Crippen LogP contribution in [0.4, 0.5) is 35.0 Å². The van der Waals surface area contributed by atoms with Crippen LogP contribution < -0.4 is 98.8 Å². The predicted molar refractivity (Wildman–Crippen MR) is 450 cm³/mol. The quantitative estimate of drug-likeness (QED) is 0.0237. The van der Waals surface area contributed by atoms with Crippen LogP contribution in [0.1, 0.15) is 54.7 Å². The van der Waals surface area contributed by atoms with Crippen molar-refractivity contribution in [2.45, 2.75) is 57.6 Å². The van der Waals surface area contributed by atoms with Crippen LogP contribution in [-0.4, -0.2) is 230 Å². The van der Waals surface area contributed by atoms with E-state index in [1.165, 1.54) is 20.0 Å². The normalized spacial score (nSPS) is 13.1. The summed E-state index contributed by atoms with van der Waals surface area (Å²) in [4.78, 5) is 41.9. The van der Waals surface area contributed by atoms with E-state index in [1.807, 2.05) is 58.1 Å². The number of hydrogen-bond acceptors (Lipinski definition) is 31. The van der Waals surface area contributed by atoms with Gasteiger partial charge in [0.2, 0.25) is 39.0 Å². The average Bonchev–Trinajstić information content (AvgIpc) is 1.67. The van der Waals surface area contributed by atoms with E-state index in [9.17, 15) is 20.1 Å². The molecule has 2 aliphatic rings. The zero-order chi connectivity index (χ0) is 83.6. The maximum Gasteiger partial charge on any atom is 1.00 e. The fourth-order valence-corrected chi connectivity index (χ4v) is 13.4. The van der Waals surface area contributed by atoms with Gasteiger partial charge in [-0.15, -0.1) is 32.8 Å². The Kier molecular flexibility index (Phi) is 35.3. The van der Waals surface area contributed by atoms with Crippen LogP contribution in [0.2, 0.25) is 26.2 Å². The number of aldehydes is 1. The third kappa shape index (κ3) is 21.9. The number of aliphatic hydroxyl groups is 5. The molecule has 2 atom stereocenters. The van der Waals surface area contributed by atoms with Gasteiger partial charge in [-0.25, -0.2) is 43.0 Å². The Balaban J connectivity index is 0.000000212. The van der Waals surface area contributed by atoms with Gasteiger partial charge in [0.15, 0.2) is 62.7 Å². The molecule has 16 rings (SSSR count). The van der Waals surface area contributed by atoms with Crippen molar-refractivity contribution < 1.29 is 104 Å². The molecule has 10 N–H and O–H groups in total. The number of nitrogen functional groups attached to an aromatic ring is 1. The van der Waals surface area contributed by atoms with E-state index in [-0.39, 0.29) is 110 Å². The minimum atomic E-state index is -0.170. The van der Waals surface area contributed by atoms with Crippen LogP contribution in [0.3, 0.4) is 0 Å². The summed E-state index contributed by atoms with van der Waals surface area (Å²) in [6.07, 6.45) is 15.1. The van der Waals surface area contributed by atoms with Gasteiger partial charge in [0.25, 0.3) is 0 Å². The van der Waals surface area contributed by atoms with Crippen molar-refractivity contribution in [1.29, 1.82) is 0 Å². The second-order valence-corrected chi connectivity index (χ2v) is 26.7. The fourth-order valence-electron chi connectivity index (χ4n) is 12.4. The summed E-state index contributed by atoms with van der Waals surface area (Å²) in [6.45, 7) is 1.73. The third-order valence-electron chi connectivity index (χ3n) is 18.1. The van der Waals surface area contributed by atoms with Crippen LogP contribution in [0.5, 0.6) is 51.7 Å². The zero-order valence-corrected chi connectivity index (χ0v) is 72.9. The minimum Gasteiger partial charge on any atom is -1.00 e. The molecule has 2 fully saturated rings. The van der Waals surface area contributed by atoms with Crippen molar-refractivity contribution in [3.8, 4) is 68.8 Å². The van der Waals surface area contributed by atoms with Gasteiger partial charge in [-0.2, -0.15) is 9.97 Å². The molecule has 2 aliphatic heterocycles. The second-order valence-electron chi connectivity index (χ2n) is 24.9. The zero-order valence-electron chi connectivity index (χ0n) is 67.3. The molecular formula is C74H84BCl6N23NaO15. The first-order valence-corrected chi connectivity index (χ1v) is 37.3. The third-order valence-corrected chi connectivity index (χ3v) is 19.1. The van der Waals surface area contributed by atoms with Crippen LogP contribution in [0.15, 0.2) is 123 Å². The molecule has 0 unspecified atom stereocenters. The number of nitrogens with one attached hydrogen (secondary N) is 3. The van der Waals surface area contributed by atoms with E-state index in [2.05, 4.69) is 66.2 Å². The number of anilines is 6. The molecule has 0 spiro atoms. The van der Waals surface area contributed by atoms with Crippen molar-refractivity contribution in [3.05, 3.63) is 171 Å². The number of benzene rings is 3. The van der Waals surface area contributed by atoms with Crippen LogP contribution in [0.25, 0.3) is 39.1 Å². The van der Waals surface area contributed by atoms with E-state index in [0.29, 0.717) is 151 Å². The Morgan fingerprint density at radius 2 is 0.883 bits per heavy atom. The summed E-state index contributed by atoms with van der Waals surface area (Å²) < 4.78 is 59.8. The molecular weight excluding hydrogens is 1700 g/mol. The molecule has 0 aliphatic carbocycles. The molecule has 3 aromatic carbocycles. The monoisotopic (exact) mass is 1780 g/mol. The van der Waals surface area contributed by atoms with E-state index in [0.717, 1.165) is 49.4 Å². The number of nitrogens with zero attached hydrogens (tertiary/aromatic N) is 19. The number of fused-ring (bicyclic) bond motifs is 4. The first-order chi connectivity index (χ1) is 56.7. The number of aromatic nitrogens is 18. The van der Waals surface area contributed by atoms with Crippen molar-refractivity contribution in [3.63, 3.8) is 0 Å². The molecule has 13 heterocycles. The molecule has 120 heavy (non-hydrogen) atoms. The summed E-state index contributed by atoms with van der Waals surface area (Å²) in [5.74, 6) is 7.89. The molecule has 0 bridgehead atoms. The number of ether oxygens (including phenoxy) is 9. The van der Waals surface area contributed by atoms with Crippen molar-refractivity contribution in [1.82, 2.24) is 92.4 Å². The van der Waals surface area contributed by atoms with Gasteiger partial charge in [0.05, 0.1) is 156 Å². The average molecular weight is 1780 g/mol. The van der Waals surface area contributed by atoms with Gasteiger partial charge in [-0.1, -0.05) is 23.2 Å². The minimum absolute atomic E-state index is 0. The van der Waals surface area contributed by atoms with Gasteiger partial charge in [0, 0.05) is 57.4 Å². The summed E-state index contributed by atoms with van der Waals surface area (Å²) in [7, 11) is 14.1. The molecule has 11 aromatic heterocycles. The van der Waals surface area contributed by atoms with Crippen molar-refractivity contribution in [2.75, 3.05) is 112 Å². The molecule has 46 heteroatoms. The van der Waals surface area contributed by atoms with Crippen LogP contribution in [0, 0.1) is 0 Å². The number of halogens is 6. The number of carbonyl (C=O) groups excluding carboxylic acids is 1. The topological polar surface area (TPSA) is 441 Å². The Labute approximate surface area is 742 Å². The number of imidazole rings is 3. The first kappa shape index (κ1) is 94.9. The Morgan fingerprint density at radius 1 is 0.492 bits per heavy atom. The number of nitrogens with two attached hydrogens (primary N) is 1. The summed E-state index contributed by atoms with van der Waals surface area (Å²) in [5.41, 5.74) is 12.8. The maximum absolute atomic E-state index is 10.5. The smallest absolute Gasteiger partial charge is 1.00 e. The maximum atomic E-state index is 10.5. The molecule has 3 radical (unpaired) electrons. The molecule has 0 amide bonds. The van der Waals surface area contributed by atoms with Crippen molar-refractivity contribution in [2.24, 2.45) is 0 Å². The number of aliphatic hydroxyl groups excluding tert-OH is 5. The summed E-state index contributed by atoms with van der Waals surface area (Å²) in [6, 6.07) is 25.2. The van der Waals surface area contributed by atoms with Crippen LogP contribution >= 0.6 is 70.4 Å². The molecule has 38 nitrogen and oxygen atoms in total. The number of rotatable bonds is 23. The first-order valence-electron chi connectivity index (χ1n) is 35.4. The fraction of sp³-hybridized carbons (Fsp3) is 0.297. The van der Waals surface area contributed by atoms with E-state index in [1.54, 1.807) is 151 Å². The van der Waals surface area contributed by atoms with Gasteiger partial charge in [-0.05, 0) is 116 Å². The predicted octanol–water partition coefficient (Wildman–Crippen LogP) is 6.71. The Bertz CT molecular complexity index is 5670. The molecule has 14 aromatic rings. The Hall–Kier alpha value is -10.6. The molecule has 631 valence electrons. The van der Waals surface area contributed by atoms with Gasteiger partial charge in [0.1, 0.15) is 64.2 Å². The number of hydrogen-bond donors (Lipinski definition) is 9. The van der Waals surface area contributed by atoms with Gasteiger partial charge in [-0.3, -0.25) is 4.79 Å². The van der Waals surface area contributed by atoms with Crippen molar-refractivity contribution >= 4 is 142 Å². The number of carbonyl (C=O) groups is 1. The van der Waals surface area contributed by atoms with Gasteiger partial charge >= 0.3 is 29.6 Å². The van der Waals surface area contributed by atoms with Crippen LogP contribution in [-0.2, 0) is 19.8 Å². The molecule has 0 saturated carbocycles. The SMILES string of the molecule is COc1cc(-n2cnc(N)c2)cc(OC)c1OC.COc1cc(-n2cnc(Nc3nc(Cl)nn4c(CO)ccc34)c2)cc(OC)c1OC.COc1cc(-n2cnc(Nc3nc(N4CCC[C@H]4CO)nn4c(CO)ccc34)c2)cc(OC)c1OC.Cl.O=Cc1ccc2c(Cl)nc(Cl)nn12.OC[C@@H]1CCCN1.OCc1ccc2c(Cl)nc(Cl)nn12.[B].[H-].[Na+]. The van der Waals surface area contributed by atoms with Gasteiger partial charge < -0.3 is 110 Å². The van der Waals surface area contributed by atoms with E-state index >= 15 is 0 Å². The largest absolute Gasteiger partial charge is 1.00 e. The summed E-state index contributed by atoms with van der Waals surface area (Å²) >= 11 is 28.8. The Morgan fingerprint density at radius 3 is 1.27 bits per heavy atom. The standard InChI is InChI=1S/C24H29N7O5.C19H19ClN6O4.C12H15N3O3.C7H5Cl2N3O.C7H3Cl2N3O.C5H11NO.B.ClH.Na.H/c1-34-19-9-17(10-20(35-2)22(19)36-3)29-11-21(25-14-29)26-23-18-7-6-16(13-33)31(18)28-24(27-23)30-8-4-5-15(30)12-32;1-28-14-6-12(7-15(29-2)17(14)30-3)25-8-16(21-10-25)22-18-13-5-4-11(9-27)26(13)24-19(20)23-18;1-16-9-4-8(15-6-11(13)14-7-15)5-10(17-2)12(9)18-3;2*8-6-5-2-1-4(3-13)12(5)11-7(9)10-6;7-4-5-2-1-3-6-5;;;;/h6-7,9-11,14-15,32-33H,4-5,8,12-13H2,1-3H3,(H,26,27,28);4-8,10,27H,9H2,1-3H3,(H,22,23,24);4-7H,13H2,1-3H3;1-2,13H,3H2;1-3H;5-7H,1-4H2;;1H;;/q;;;;;;;;+1;-1/t15-;;;;;5-;;;;/m0....0..../s1. The summed E-state index contributed by atoms with van der Waals surface area (Å²) in [5, 5.41) is 73.2. The van der Waals surface area contributed by atoms with E-state index in [4.69, 9.17) is 122 Å². The second kappa shape index (κ2) is 44.6. The van der Waals surface area contributed by atoms with E-state index < -0.39 is 0 Å². The number of methoxy groups -OCH3 is 9.